The molecule has 0 aromatic heterocycles. The van der Waals surface area contributed by atoms with Crippen molar-refractivity contribution in [2.24, 2.45) is 0 Å². The molecule has 0 heterocycles. The minimum absolute atomic E-state index is 0.299. The third-order valence-corrected chi connectivity index (χ3v) is 2.61. The zero-order valence-corrected chi connectivity index (χ0v) is 11.1. The molecule has 97 valence electrons. The molecule has 0 amide bonds. The molecule has 2 aromatic rings. The molecule has 19 heavy (non-hydrogen) atoms. The van der Waals surface area contributed by atoms with Gasteiger partial charge in [-0.3, -0.25) is 0 Å². The molecule has 2 nitrogen and oxygen atoms in total. The van der Waals surface area contributed by atoms with Gasteiger partial charge in [-0.05, 0) is 37.3 Å². The lowest BCUT2D eigenvalue weighted by Crippen LogP contribution is -2.20. The van der Waals surface area contributed by atoms with Crippen molar-refractivity contribution in [3.63, 3.8) is 0 Å². The summed E-state index contributed by atoms with van der Waals surface area (Å²) in [5.74, 6) is 0.199. The molecule has 0 atom stereocenters. The summed E-state index contributed by atoms with van der Waals surface area (Å²) in [5, 5.41) is 0. The number of hydrogen-bond donors (Lipinski definition) is 0. The first kappa shape index (κ1) is 13.6. The molecule has 2 aromatic carbocycles. The normalized spacial score (nSPS) is 10.5. The van der Waals surface area contributed by atoms with Crippen LogP contribution in [-0.2, 0) is 6.54 Å². The predicted molar refractivity (Wildman–Crippen MR) is 76.2 cm³/mol. The van der Waals surface area contributed by atoms with E-state index in [-0.39, 0.29) is 5.82 Å². The van der Waals surface area contributed by atoms with Crippen LogP contribution in [0.25, 0.3) is 0 Å². The Morgan fingerprint density at radius 3 is 2.47 bits per heavy atom. The van der Waals surface area contributed by atoms with Gasteiger partial charge in [-0.1, -0.05) is 30.3 Å². The fourth-order valence-corrected chi connectivity index (χ4v) is 1.74. The first-order valence-electron chi connectivity index (χ1n) is 6.12. The van der Waals surface area contributed by atoms with Crippen molar-refractivity contribution in [1.82, 2.24) is 4.90 Å². The fraction of sp³-hybridized carbons (Fsp3) is 0.200. The van der Waals surface area contributed by atoms with Crippen molar-refractivity contribution >= 4 is 12.9 Å². The van der Waals surface area contributed by atoms with Gasteiger partial charge in [-0.2, -0.15) is 0 Å². The van der Waals surface area contributed by atoms with Crippen LogP contribution in [0.1, 0.15) is 5.56 Å². The molecule has 0 aliphatic carbocycles. The molecular formula is C15H16BFNO. The third kappa shape index (κ3) is 4.41. The zero-order chi connectivity index (χ0) is 13.7. The highest BCUT2D eigenvalue weighted by atomic mass is 19.1. The van der Waals surface area contributed by atoms with E-state index in [1.54, 1.807) is 19.6 Å². The molecule has 0 bridgehead atoms. The molecular weight excluding hydrogens is 240 g/mol. The van der Waals surface area contributed by atoms with E-state index in [9.17, 15) is 4.39 Å². The average molecular weight is 256 g/mol. The smallest absolute Gasteiger partial charge is 0.408 e. The molecule has 0 aliphatic rings. The largest absolute Gasteiger partial charge is 0.558 e. The lowest BCUT2D eigenvalue weighted by atomic mass is 9.87. The fourth-order valence-electron chi connectivity index (χ4n) is 1.74. The summed E-state index contributed by atoms with van der Waals surface area (Å²) < 4.78 is 18.4. The van der Waals surface area contributed by atoms with Crippen LogP contribution in [0.15, 0.2) is 48.5 Å². The number of hydrogen-bond acceptors (Lipinski definition) is 2. The Balaban J connectivity index is 1.93. The minimum atomic E-state index is -0.299. The summed E-state index contributed by atoms with van der Waals surface area (Å²) in [6, 6.07) is 14.2. The van der Waals surface area contributed by atoms with Gasteiger partial charge in [0.25, 0.3) is 0 Å². The van der Waals surface area contributed by atoms with E-state index in [0.29, 0.717) is 5.75 Å². The quantitative estimate of drug-likeness (QED) is 0.760. The van der Waals surface area contributed by atoms with Gasteiger partial charge >= 0.3 is 7.48 Å². The van der Waals surface area contributed by atoms with Gasteiger partial charge in [-0.25, -0.2) is 4.39 Å². The van der Waals surface area contributed by atoms with E-state index >= 15 is 0 Å². The topological polar surface area (TPSA) is 12.5 Å². The third-order valence-electron chi connectivity index (χ3n) is 2.61. The summed E-state index contributed by atoms with van der Waals surface area (Å²) >= 11 is 0. The Labute approximate surface area is 114 Å². The van der Waals surface area contributed by atoms with Gasteiger partial charge in [0.1, 0.15) is 11.6 Å². The second kappa shape index (κ2) is 6.39. The lowest BCUT2D eigenvalue weighted by molar-refractivity contribution is 0.402. The molecule has 0 unspecified atom stereocenters. The van der Waals surface area contributed by atoms with E-state index in [4.69, 9.17) is 4.65 Å². The highest BCUT2D eigenvalue weighted by Gasteiger charge is 2.02. The van der Waals surface area contributed by atoms with Gasteiger partial charge in [0.05, 0.1) is 0 Å². The van der Waals surface area contributed by atoms with E-state index < -0.39 is 0 Å². The summed E-state index contributed by atoms with van der Waals surface area (Å²) in [6.07, 6.45) is 0. The van der Waals surface area contributed by atoms with Crippen LogP contribution in [0.4, 0.5) is 4.39 Å². The van der Waals surface area contributed by atoms with Crippen LogP contribution < -0.4 is 10.1 Å². The molecule has 2 rings (SSSR count). The van der Waals surface area contributed by atoms with Gasteiger partial charge in [0.2, 0.25) is 0 Å². The SMILES string of the molecule is CN(C)Cc1ccc([B]Oc2cccc(F)c2)cc1. The Kier molecular flexibility index (Phi) is 4.58. The van der Waals surface area contributed by atoms with Crippen molar-refractivity contribution in [3.05, 3.63) is 59.9 Å². The first-order valence-corrected chi connectivity index (χ1v) is 6.12. The maximum atomic E-state index is 13.0. The Morgan fingerprint density at radius 1 is 1.11 bits per heavy atom. The molecule has 0 fully saturated rings. The number of nitrogens with zero attached hydrogens (tertiary/aromatic N) is 1. The van der Waals surface area contributed by atoms with Gasteiger partial charge in [0, 0.05) is 12.6 Å². The highest BCUT2D eigenvalue weighted by Crippen LogP contribution is 2.11. The van der Waals surface area contributed by atoms with Crippen LogP contribution in [-0.4, -0.2) is 26.5 Å². The molecule has 0 saturated carbocycles. The number of rotatable bonds is 5. The van der Waals surface area contributed by atoms with Crippen LogP contribution in [0, 0.1) is 5.82 Å². The monoisotopic (exact) mass is 256 g/mol. The van der Waals surface area contributed by atoms with Crippen LogP contribution in [0.5, 0.6) is 5.75 Å². The highest BCUT2D eigenvalue weighted by molar-refractivity contribution is 6.47. The van der Waals surface area contributed by atoms with Crippen molar-refractivity contribution in [3.8, 4) is 5.75 Å². The zero-order valence-electron chi connectivity index (χ0n) is 11.1. The molecule has 4 heteroatoms. The minimum Gasteiger partial charge on any atom is -0.558 e. The predicted octanol–water partition coefficient (Wildman–Crippen LogP) is 2.21. The number of benzene rings is 2. The van der Waals surface area contributed by atoms with Crippen molar-refractivity contribution in [2.75, 3.05) is 14.1 Å². The maximum absolute atomic E-state index is 13.0. The standard InChI is InChI=1S/C15H16BFNO/c1-18(2)11-12-6-8-13(9-7-12)16-19-15-5-3-4-14(17)10-15/h3-10H,11H2,1-2H3. The Hall–Kier alpha value is -1.81. The van der Waals surface area contributed by atoms with Crippen molar-refractivity contribution in [1.29, 1.82) is 0 Å². The lowest BCUT2D eigenvalue weighted by Gasteiger charge is -2.10. The summed E-state index contributed by atoms with van der Waals surface area (Å²) in [7, 11) is 5.69. The summed E-state index contributed by atoms with van der Waals surface area (Å²) in [4.78, 5) is 2.11. The molecule has 0 N–H and O–H groups in total. The second-order valence-corrected chi connectivity index (χ2v) is 4.67. The summed E-state index contributed by atoms with van der Waals surface area (Å²) in [6.45, 7) is 0.908. The first-order chi connectivity index (χ1) is 9.13. The average Bonchev–Trinajstić information content (AvgIpc) is 2.37. The molecule has 0 saturated heterocycles. The van der Waals surface area contributed by atoms with Crippen LogP contribution in [0.3, 0.4) is 0 Å². The van der Waals surface area contributed by atoms with E-state index in [2.05, 4.69) is 17.0 Å². The Morgan fingerprint density at radius 2 is 1.84 bits per heavy atom. The van der Waals surface area contributed by atoms with Crippen molar-refractivity contribution in [2.45, 2.75) is 6.54 Å². The van der Waals surface area contributed by atoms with E-state index in [1.165, 1.54) is 17.7 Å². The van der Waals surface area contributed by atoms with Gasteiger partial charge in [0.15, 0.2) is 0 Å². The molecule has 0 spiro atoms. The van der Waals surface area contributed by atoms with Crippen LogP contribution >= 0.6 is 0 Å². The van der Waals surface area contributed by atoms with E-state index in [0.717, 1.165) is 12.0 Å². The number of halogens is 1. The molecule has 1 radical (unpaired) electrons. The second-order valence-electron chi connectivity index (χ2n) is 4.67. The maximum Gasteiger partial charge on any atom is 0.408 e. The van der Waals surface area contributed by atoms with Crippen molar-refractivity contribution < 1.29 is 9.04 Å². The molecule has 0 aliphatic heterocycles. The summed E-state index contributed by atoms with van der Waals surface area (Å²) in [5.41, 5.74) is 2.19. The van der Waals surface area contributed by atoms with Crippen LogP contribution in [0.2, 0.25) is 0 Å². The van der Waals surface area contributed by atoms with Gasteiger partial charge in [-0.15, -0.1) is 0 Å². The van der Waals surface area contributed by atoms with Gasteiger partial charge < -0.3 is 9.55 Å². The van der Waals surface area contributed by atoms with E-state index in [1.807, 2.05) is 26.2 Å². The Bertz CT molecular complexity index is 528.